The summed E-state index contributed by atoms with van der Waals surface area (Å²) in [4.78, 5) is 6.14. The zero-order valence-electron chi connectivity index (χ0n) is 12.0. The normalized spacial score (nSPS) is 15.7. The van der Waals surface area contributed by atoms with Crippen molar-refractivity contribution in [3.05, 3.63) is 17.7 Å². The van der Waals surface area contributed by atoms with Crippen LogP contribution in [-0.2, 0) is 6.18 Å². The molecule has 0 radical (unpaired) electrons. The molecule has 2 rings (SSSR count). The second-order valence-electron chi connectivity index (χ2n) is 5.20. The molecule has 1 saturated carbocycles. The Labute approximate surface area is 122 Å². The van der Waals surface area contributed by atoms with Gasteiger partial charge < -0.3 is 15.3 Å². The van der Waals surface area contributed by atoms with E-state index in [2.05, 4.69) is 10.3 Å². The van der Waals surface area contributed by atoms with E-state index in [9.17, 15) is 13.2 Å². The standard InChI is InChI=1S/C14H20F3N3O/c1-18-12-8-10(14(15,16)17)9-13(19-12)20(6-3-7-21)11-4-2-5-11/h8-9,11,21H,2-7H2,1H3,(H,18,19). The van der Waals surface area contributed by atoms with Gasteiger partial charge in [-0.05, 0) is 37.8 Å². The fraction of sp³-hybridized carbons (Fsp3) is 0.643. The lowest BCUT2D eigenvalue weighted by Gasteiger charge is -2.38. The lowest BCUT2D eigenvalue weighted by atomic mass is 9.91. The Morgan fingerprint density at radius 2 is 2.10 bits per heavy atom. The van der Waals surface area contributed by atoms with Gasteiger partial charge in [-0.15, -0.1) is 0 Å². The number of aromatic nitrogens is 1. The molecule has 1 heterocycles. The summed E-state index contributed by atoms with van der Waals surface area (Å²) in [5.41, 5.74) is -0.704. The van der Waals surface area contributed by atoms with Crippen molar-refractivity contribution in [1.82, 2.24) is 4.98 Å². The molecule has 1 aliphatic rings. The molecule has 0 aliphatic heterocycles. The fourth-order valence-electron chi connectivity index (χ4n) is 2.38. The maximum Gasteiger partial charge on any atom is 0.416 e. The van der Waals surface area contributed by atoms with E-state index >= 15 is 0 Å². The second kappa shape index (κ2) is 6.51. The van der Waals surface area contributed by atoms with Gasteiger partial charge in [-0.3, -0.25) is 0 Å². The number of hydrogen-bond donors (Lipinski definition) is 2. The molecule has 1 aromatic heterocycles. The molecule has 4 nitrogen and oxygen atoms in total. The quantitative estimate of drug-likeness (QED) is 0.848. The Kier molecular flexibility index (Phi) is 4.92. The van der Waals surface area contributed by atoms with Crippen molar-refractivity contribution in [3.63, 3.8) is 0 Å². The third-order valence-corrected chi connectivity index (χ3v) is 3.76. The Morgan fingerprint density at radius 1 is 1.38 bits per heavy atom. The van der Waals surface area contributed by atoms with Gasteiger partial charge in [0.2, 0.25) is 0 Å². The highest BCUT2D eigenvalue weighted by atomic mass is 19.4. The molecule has 0 bridgehead atoms. The van der Waals surface area contributed by atoms with Crippen LogP contribution in [0.2, 0.25) is 0 Å². The summed E-state index contributed by atoms with van der Waals surface area (Å²) in [5.74, 6) is 0.528. The highest BCUT2D eigenvalue weighted by Gasteiger charge is 2.33. The van der Waals surface area contributed by atoms with Crippen LogP contribution < -0.4 is 10.2 Å². The first kappa shape index (κ1) is 15.9. The van der Waals surface area contributed by atoms with E-state index in [1.54, 1.807) is 7.05 Å². The molecule has 7 heteroatoms. The van der Waals surface area contributed by atoms with Crippen LogP contribution in [-0.4, -0.2) is 36.3 Å². The van der Waals surface area contributed by atoms with Gasteiger partial charge in [-0.1, -0.05) is 0 Å². The third-order valence-electron chi connectivity index (χ3n) is 3.76. The number of rotatable bonds is 6. The Bertz CT molecular complexity index is 475. The molecule has 1 aliphatic carbocycles. The van der Waals surface area contributed by atoms with Gasteiger partial charge in [0.1, 0.15) is 11.6 Å². The maximum absolute atomic E-state index is 13.0. The third kappa shape index (κ3) is 3.78. The highest BCUT2D eigenvalue weighted by Crippen LogP contribution is 2.35. The number of nitrogens with zero attached hydrogens (tertiary/aromatic N) is 2. The van der Waals surface area contributed by atoms with E-state index < -0.39 is 11.7 Å². The number of anilines is 2. The molecule has 0 amide bonds. The lowest BCUT2D eigenvalue weighted by molar-refractivity contribution is -0.137. The average Bonchev–Trinajstić information content (AvgIpc) is 2.39. The molecule has 0 spiro atoms. The molecule has 118 valence electrons. The summed E-state index contributed by atoms with van der Waals surface area (Å²) in [6.07, 6.45) is -0.885. The van der Waals surface area contributed by atoms with E-state index in [0.29, 0.717) is 18.8 Å². The molecule has 0 unspecified atom stereocenters. The van der Waals surface area contributed by atoms with E-state index in [0.717, 1.165) is 31.4 Å². The van der Waals surface area contributed by atoms with Crippen LogP contribution in [0.15, 0.2) is 12.1 Å². The molecule has 2 N–H and O–H groups in total. The van der Waals surface area contributed by atoms with E-state index in [1.807, 2.05) is 4.90 Å². The molecule has 0 atom stereocenters. The first-order valence-electron chi connectivity index (χ1n) is 7.10. The second-order valence-corrected chi connectivity index (χ2v) is 5.20. The van der Waals surface area contributed by atoms with Gasteiger partial charge in [0.15, 0.2) is 0 Å². The van der Waals surface area contributed by atoms with Crippen LogP contribution in [0.3, 0.4) is 0 Å². The molecular formula is C14H20F3N3O. The van der Waals surface area contributed by atoms with E-state index in [1.165, 1.54) is 0 Å². The maximum atomic E-state index is 13.0. The number of nitrogens with one attached hydrogen (secondary N) is 1. The van der Waals surface area contributed by atoms with Crippen LogP contribution in [0, 0.1) is 0 Å². The van der Waals surface area contributed by atoms with Crippen LogP contribution in [0.5, 0.6) is 0 Å². The summed E-state index contributed by atoms with van der Waals surface area (Å²) in [6, 6.07) is 2.32. The fourth-order valence-corrected chi connectivity index (χ4v) is 2.38. The number of halogens is 3. The van der Waals surface area contributed by atoms with Crippen molar-refractivity contribution >= 4 is 11.6 Å². The number of aliphatic hydroxyl groups excluding tert-OH is 1. The summed E-state index contributed by atoms with van der Waals surface area (Å²) < 4.78 is 38.9. The molecule has 1 aromatic rings. The first-order valence-corrected chi connectivity index (χ1v) is 7.10. The van der Waals surface area contributed by atoms with Crippen LogP contribution in [0.25, 0.3) is 0 Å². The van der Waals surface area contributed by atoms with Gasteiger partial charge in [0, 0.05) is 26.2 Å². The van der Waals surface area contributed by atoms with Crippen molar-refractivity contribution in [1.29, 1.82) is 0 Å². The zero-order valence-corrected chi connectivity index (χ0v) is 12.0. The molecule has 21 heavy (non-hydrogen) atoms. The van der Waals surface area contributed by atoms with Crippen molar-refractivity contribution in [2.45, 2.75) is 37.9 Å². The minimum Gasteiger partial charge on any atom is -0.396 e. The van der Waals surface area contributed by atoms with Crippen molar-refractivity contribution in [2.24, 2.45) is 0 Å². The summed E-state index contributed by atoms with van der Waals surface area (Å²) in [6.45, 7) is 0.527. The zero-order chi connectivity index (χ0) is 15.5. The van der Waals surface area contributed by atoms with Crippen LogP contribution in [0.4, 0.5) is 24.8 Å². The Balaban J connectivity index is 2.33. The van der Waals surface area contributed by atoms with Gasteiger partial charge in [-0.25, -0.2) is 4.98 Å². The SMILES string of the molecule is CNc1cc(C(F)(F)F)cc(N(CCCO)C2CCC2)n1. The number of aliphatic hydroxyl groups is 1. The number of hydrogen-bond acceptors (Lipinski definition) is 4. The van der Waals surface area contributed by atoms with Gasteiger partial charge in [0.05, 0.1) is 5.56 Å². The summed E-state index contributed by atoms with van der Waals surface area (Å²) in [5, 5.41) is 11.7. The Hall–Kier alpha value is -1.50. The topological polar surface area (TPSA) is 48.4 Å². The number of pyridine rings is 1. The summed E-state index contributed by atoms with van der Waals surface area (Å²) in [7, 11) is 1.55. The molecule has 1 fully saturated rings. The van der Waals surface area contributed by atoms with Crippen molar-refractivity contribution in [2.75, 3.05) is 30.4 Å². The Morgan fingerprint density at radius 3 is 2.57 bits per heavy atom. The van der Waals surface area contributed by atoms with Gasteiger partial charge in [-0.2, -0.15) is 13.2 Å². The van der Waals surface area contributed by atoms with E-state index in [4.69, 9.17) is 5.11 Å². The van der Waals surface area contributed by atoms with Crippen LogP contribution in [0.1, 0.15) is 31.2 Å². The van der Waals surface area contributed by atoms with Gasteiger partial charge in [0.25, 0.3) is 0 Å². The molecule has 0 saturated heterocycles. The van der Waals surface area contributed by atoms with Crippen molar-refractivity contribution in [3.8, 4) is 0 Å². The van der Waals surface area contributed by atoms with Gasteiger partial charge >= 0.3 is 6.18 Å². The predicted molar refractivity (Wildman–Crippen MR) is 75.5 cm³/mol. The lowest BCUT2D eigenvalue weighted by Crippen LogP contribution is -2.41. The smallest absolute Gasteiger partial charge is 0.396 e. The minimum atomic E-state index is -4.40. The highest BCUT2D eigenvalue weighted by molar-refractivity contribution is 5.52. The molecule has 0 aromatic carbocycles. The monoisotopic (exact) mass is 303 g/mol. The largest absolute Gasteiger partial charge is 0.416 e. The van der Waals surface area contributed by atoms with E-state index in [-0.39, 0.29) is 18.5 Å². The minimum absolute atomic E-state index is 0.0149. The van der Waals surface area contributed by atoms with Crippen molar-refractivity contribution < 1.29 is 18.3 Å². The van der Waals surface area contributed by atoms with Crippen LogP contribution >= 0.6 is 0 Å². The molecular weight excluding hydrogens is 283 g/mol. The first-order chi connectivity index (χ1) is 9.95. The predicted octanol–water partition coefficient (Wildman–Crippen LogP) is 2.88. The number of alkyl halides is 3. The average molecular weight is 303 g/mol. The summed E-state index contributed by atoms with van der Waals surface area (Å²) >= 11 is 0.